The fraction of sp³-hybridized carbons (Fsp3) is 0.455. The van der Waals surface area contributed by atoms with E-state index in [0.717, 1.165) is 25.7 Å². The number of phenols is 1. The minimum Gasteiger partial charge on any atom is -0.507 e. The lowest BCUT2D eigenvalue weighted by molar-refractivity contribution is -0.118. The van der Waals surface area contributed by atoms with Crippen LogP contribution in [0.25, 0.3) is 6.08 Å². The molecule has 0 radical (unpaired) electrons. The lowest BCUT2D eigenvalue weighted by Crippen LogP contribution is -2.08. The van der Waals surface area contributed by atoms with Crippen molar-refractivity contribution in [2.24, 2.45) is 0 Å². The standard InChI is InChI=1S/C22H28O5/c1-2-3-8-13-26-19-15-17-10-5-4-6-11-18(23)12-7-9-14-27-22(25)21(17)20(24)16-19/h5,7,9-10,15-16,24H,2-4,6,8,11-14H2,1H3. The van der Waals surface area contributed by atoms with Gasteiger partial charge in [-0.1, -0.05) is 44.1 Å². The minimum atomic E-state index is -0.599. The van der Waals surface area contributed by atoms with Gasteiger partial charge in [0.15, 0.2) is 0 Å². The molecule has 0 amide bonds. The molecule has 0 spiro atoms. The molecule has 1 aromatic rings. The summed E-state index contributed by atoms with van der Waals surface area (Å²) < 4.78 is 10.9. The molecule has 0 fully saturated rings. The van der Waals surface area contributed by atoms with Crippen LogP contribution in [0.1, 0.15) is 67.8 Å². The monoisotopic (exact) mass is 372 g/mol. The normalized spacial score (nSPS) is 15.7. The van der Waals surface area contributed by atoms with Crippen molar-refractivity contribution in [2.75, 3.05) is 13.2 Å². The van der Waals surface area contributed by atoms with Gasteiger partial charge in [-0.3, -0.25) is 4.79 Å². The van der Waals surface area contributed by atoms with Gasteiger partial charge in [-0.2, -0.15) is 0 Å². The third-order valence-corrected chi connectivity index (χ3v) is 4.29. The molecule has 0 saturated carbocycles. The zero-order valence-corrected chi connectivity index (χ0v) is 15.9. The van der Waals surface area contributed by atoms with E-state index in [0.29, 0.717) is 37.2 Å². The number of Topliss-reactive ketones (excluding diaryl/α,β-unsaturated/α-hetero) is 1. The molecule has 27 heavy (non-hydrogen) atoms. The van der Waals surface area contributed by atoms with Crippen molar-refractivity contribution in [3.05, 3.63) is 41.5 Å². The maximum Gasteiger partial charge on any atom is 0.342 e. The molecule has 1 N–H and O–H groups in total. The Hall–Kier alpha value is -2.56. The summed E-state index contributed by atoms with van der Waals surface area (Å²) in [5.74, 6) is -0.0588. The zero-order chi connectivity index (χ0) is 19.5. The second kappa shape index (κ2) is 11.2. The number of ether oxygens (including phenoxy) is 2. The van der Waals surface area contributed by atoms with Crippen LogP contribution >= 0.6 is 0 Å². The maximum atomic E-state index is 12.4. The van der Waals surface area contributed by atoms with Crippen LogP contribution in [0.2, 0.25) is 0 Å². The van der Waals surface area contributed by atoms with Crippen LogP contribution in [0, 0.1) is 0 Å². The lowest BCUT2D eigenvalue weighted by atomic mass is 10.0. The van der Waals surface area contributed by atoms with Crippen molar-refractivity contribution in [1.29, 1.82) is 0 Å². The number of carbonyl (C=O) groups excluding carboxylic acids is 2. The van der Waals surface area contributed by atoms with Gasteiger partial charge in [0.2, 0.25) is 0 Å². The molecule has 146 valence electrons. The van der Waals surface area contributed by atoms with Crippen LogP contribution in [0.5, 0.6) is 11.5 Å². The van der Waals surface area contributed by atoms with Crippen LogP contribution in [0.3, 0.4) is 0 Å². The molecule has 2 rings (SSSR count). The molecule has 0 bridgehead atoms. The summed E-state index contributed by atoms with van der Waals surface area (Å²) >= 11 is 0. The van der Waals surface area contributed by atoms with Crippen LogP contribution < -0.4 is 4.74 Å². The molecule has 0 aliphatic carbocycles. The highest BCUT2D eigenvalue weighted by atomic mass is 16.5. The molecule has 1 aliphatic heterocycles. The maximum absolute atomic E-state index is 12.4. The third kappa shape index (κ3) is 6.93. The van der Waals surface area contributed by atoms with Crippen molar-refractivity contribution in [3.8, 4) is 11.5 Å². The number of hydrogen-bond donors (Lipinski definition) is 1. The van der Waals surface area contributed by atoms with E-state index in [1.54, 1.807) is 24.3 Å². The van der Waals surface area contributed by atoms with E-state index in [2.05, 4.69) is 6.92 Å². The smallest absolute Gasteiger partial charge is 0.342 e. The van der Waals surface area contributed by atoms with Crippen molar-refractivity contribution < 1.29 is 24.2 Å². The van der Waals surface area contributed by atoms with Crippen molar-refractivity contribution in [1.82, 2.24) is 0 Å². The number of aromatic hydroxyl groups is 1. The molecule has 5 nitrogen and oxygen atoms in total. The molecule has 0 aromatic heterocycles. The van der Waals surface area contributed by atoms with E-state index in [9.17, 15) is 14.7 Å². The first kappa shape index (κ1) is 20.7. The van der Waals surface area contributed by atoms with E-state index in [1.165, 1.54) is 6.07 Å². The molecule has 0 saturated heterocycles. The molecule has 1 heterocycles. The molecule has 1 aromatic carbocycles. The van der Waals surface area contributed by atoms with Crippen LogP contribution in [-0.4, -0.2) is 30.1 Å². The quantitative estimate of drug-likeness (QED) is 0.455. The molecule has 0 atom stereocenters. The lowest BCUT2D eigenvalue weighted by Gasteiger charge is -2.12. The fourth-order valence-electron chi connectivity index (χ4n) is 2.81. The second-order valence-corrected chi connectivity index (χ2v) is 6.57. The van der Waals surface area contributed by atoms with Gasteiger partial charge in [0.1, 0.15) is 29.5 Å². The first-order valence-corrected chi connectivity index (χ1v) is 9.62. The van der Waals surface area contributed by atoms with E-state index in [4.69, 9.17) is 9.47 Å². The highest BCUT2D eigenvalue weighted by Crippen LogP contribution is 2.30. The Kier molecular flexibility index (Phi) is 8.62. The Morgan fingerprint density at radius 2 is 2.00 bits per heavy atom. The van der Waals surface area contributed by atoms with Gasteiger partial charge < -0.3 is 14.6 Å². The summed E-state index contributed by atoms with van der Waals surface area (Å²) in [6.45, 7) is 2.74. The largest absolute Gasteiger partial charge is 0.507 e. The highest BCUT2D eigenvalue weighted by molar-refractivity contribution is 5.97. The van der Waals surface area contributed by atoms with Gasteiger partial charge in [-0.05, 0) is 30.9 Å². The van der Waals surface area contributed by atoms with Gasteiger partial charge in [-0.15, -0.1) is 0 Å². The second-order valence-electron chi connectivity index (χ2n) is 6.57. The van der Waals surface area contributed by atoms with Crippen molar-refractivity contribution in [2.45, 2.75) is 51.9 Å². The predicted octanol–water partition coefficient (Wildman–Crippen LogP) is 4.83. The summed E-state index contributed by atoms with van der Waals surface area (Å²) in [6, 6.07) is 3.20. The SMILES string of the molecule is CCCCCOc1cc(O)c2c(c1)C=CCCCC(=O)CC=CCOC2=O. The topological polar surface area (TPSA) is 72.8 Å². The number of esters is 1. The number of benzene rings is 1. The molecule has 1 aliphatic rings. The summed E-state index contributed by atoms with van der Waals surface area (Å²) in [6.07, 6.45) is 12.5. The van der Waals surface area contributed by atoms with Crippen LogP contribution in [-0.2, 0) is 9.53 Å². The van der Waals surface area contributed by atoms with Gasteiger partial charge in [-0.25, -0.2) is 4.79 Å². The number of phenolic OH excluding ortho intramolecular Hbond substituents is 1. The number of fused-ring (bicyclic) bond motifs is 1. The van der Waals surface area contributed by atoms with Crippen molar-refractivity contribution in [3.63, 3.8) is 0 Å². The van der Waals surface area contributed by atoms with Gasteiger partial charge in [0.05, 0.1) is 6.61 Å². The first-order valence-electron chi connectivity index (χ1n) is 9.62. The predicted molar refractivity (Wildman–Crippen MR) is 105 cm³/mol. The van der Waals surface area contributed by atoms with Crippen molar-refractivity contribution >= 4 is 17.8 Å². The van der Waals surface area contributed by atoms with E-state index in [1.807, 2.05) is 6.08 Å². The van der Waals surface area contributed by atoms with Gasteiger partial charge in [0, 0.05) is 18.9 Å². The number of ketones is 1. The summed E-state index contributed by atoms with van der Waals surface area (Å²) in [5, 5.41) is 10.4. The Morgan fingerprint density at radius 3 is 2.81 bits per heavy atom. The van der Waals surface area contributed by atoms with Crippen LogP contribution in [0.15, 0.2) is 30.4 Å². The number of hydrogen-bond acceptors (Lipinski definition) is 5. The Labute approximate surface area is 160 Å². The molecular weight excluding hydrogens is 344 g/mol. The number of carbonyl (C=O) groups is 2. The minimum absolute atomic E-state index is 0.0595. The van der Waals surface area contributed by atoms with Gasteiger partial charge >= 0.3 is 5.97 Å². The Balaban J connectivity index is 2.23. The van der Waals surface area contributed by atoms with E-state index >= 15 is 0 Å². The first-order chi connectivity index (χ1) is 13.1. The summed E-state index contributed by atoms with van der Waals surface area (Å²) in [4.78, 5) is 24.1. The molecule has 0 unspecified atom stereocenters. The number of cyclic esters (lactones) is 1. The van der Waals surface area contributed by atoms with E-state index < -0.39 is 5.97 Å². The number of rotatable bonds is 5. The zero-order valence-electron chi connectivity index (χ0n) is 15.9. The Morgan fingerprint density at radius 1 is 1.15 bits per heavy atom. The highest BCUT2D eigenvalue weighted by Gasteiger charge is 2.18. The molecular formula is C22H28O5. The average Bonchev–Trinajstić information content (AvgIpc) is 2.63. The number of unbranched alkanes of at least 4 members (excludes halogenated alkanes) is 2. The Bertz CT molecular complexity index is 703. The summed E-state index contributed by atoms with van der Waals surface area (Å²) in [5.41, 5.74) is 0.687. The van der Waals surface area contributed by atoms with Gasteiger partial charge in [0.25, 0.3) is 0 Å². The van der Waals surface area contributed by atoms with Crippen LogP contribution in [0.4, 0.5) is 0 Å². The average molecular weight is 372 g/mol. The number of allylic oxidation sites excluding steroid dienone is 2. The van der Waals surface area contributed by atoms with E-state index in [-0.39, 0.29) is 23.7 Å². The third-order valence-electron chi connectivity index (χ3n) is 4.29. The fourth-order valence-corrected chi connectivity index (χ4v) is 2.81. The summed E-state index contributed by atoms with van der Waals surface area (Å²) in [7, 11) is 0. The molecule has 5 heteroatoms.